The highest BCUT2D eigenvalue weighted by Crippen LogP contribution is 2.34. The summed E-state index contributed by atoms with van der Waals surface area (Å²) in [7, 11) is -0.927. The third-order valence-corrected chi connectivity index (χ3v) is 8.46. The van der Waals surface area contributed by atoms with E-state index in [0.717, 1.165) is 38.8 Å². The molecule has 2 aromatic carbocycles. The Bertz CT molecular complexity index is 1570. The number of anilines is 3. The third kappa shape index (κ3) is 4.17. The molecule has 2 aliphatic rings. The van der Waals surface area contributed by atoms with Gasteiger partial charge in [-0.1, -0.05) is 0 Å². The van der Waals surface area contributed by atoms with E-state index >= 15 is 0 Å². The second-order valence-corrected chi connectivity index (χ2v) is 11.1. The molecule has 10 nitrogen and oxygen atoms in total. The zero-order valence-corrected chi connectivity index (χ0v) is 21.2. The topological polar surface area (TPSA) is 114 Å². The van der Waals surface area contributed by atoms with Crippen molar-refractivity contribution < 1.29 is 13.2 Å². The summed E-state index contributed by atoms with van der Waals surface area (Å²) in [4.78, 5) is 40.7. The Hall–Kier alpha value is -3.60. The molecule has 1 amide bonds. The van der Waals surface area contributed by atoms with Crippen molar-refractivity contribution in [2.24, 2.45) is 14.1 Å². The normalized spacial score (nSPS) is 16.7. The molecule has 5 rings (SSSR count). The number of hydrogen-bond donors (Lipinski definition) is 1. The van der Waals surface area contributed by atoms with Crippen LogP contribution in [0.4, 0.5) is 17.1 Å². The van der Waals surface area contributed by atoms with Gasteiger partial charge in [0.2, 0.25) is 5.91 Å². The molecule has 2 aliphatic heterocycles. The van der Waals surface area contributed by atoms with Crippen molar-refractivity contribution in [3.8, 4) is 0 Å². The van der Waals surface area contributed by atoms with E-state index in [9.17, 15) is 22.8 Å². The standard InChI is InChI=1S/C25H29N5O5S/c1-27-21-15-19(20(29-12-4-3-5-13-29)16-22(21)28(2)25(33)24(27)32)26-36(34,35)18-10-8-17(9-11-18)30-14-6-7-23(30)31/h8-11,15-16,26H,3-7,12-14H2,1-2H3. The van der Waals surface area contributed by atoms with Crippen LogP contribution in [0.5, 0.6) is 0 Å². The molecule has 3 heterocycles. The van der Waals surface area contributed by atoms with Crippen molar-refractivity contribution in [2.75, 3.05) is 34.2 Å². The van der Waals surface area contributed by atoms with E-state index in [2.05, 4.69) is 9.62 Å². The fourth-order valence-electron chi connectivity index (χ4n) is 5.02. The number of carbonyl (C=O) groups is 1. The Morgan fingerprint density at radius 3 is 1.97 bits per heavy atom. The number of piperidine rings is 1. The van der Waals surface area contributed by atoms with Crippen LogP contribution in [-0.2, 0) is 28.9 Å². The maximum atomic E-state index is 13.4. The fourth-order valence-corrected chi connectivity index (χ4v) is 6.08. The molecule has 0 atom stereocenters. The zero-order chi connectivity index (χ0) is 25.6. The zero-order valence-electron chi connectivity index (χ0n) is 20.4. The highest BCUT2D eigenvalue weighted by Gasteiger charge is 2.25. The first-order valence-electron chi connectivity index (χ1n) is 12.1. The van der Waals surface area contributed by atoms with Gasteiger partial charge in [-0.05, 0) is 62.1 Å². The lowest BCUT2D eigenvalue weighted by Gasteiger charge is -2.31. The van der Waals surface area contributed by atoms with Crippen molar-refractivity contribution in [1.82, 2.24) is 9.13 Å². The number of nitrogens with zero attached hydrogens (tertiary/aromatic N) is 4. The Morgan fingerprint density at radius 1 is 0.778 bits per heavy atom. The average molecular weight is 512 g/mol. The van der Waals surface area contributed by atoms with E-state index in [0.29, 0.717) is 41.1 Å². The van der Waals surface area contributed by atoms with Crippen molar-refractivity contribution >= 4 is 44.0 Å². The smallest absolute Gasteiger partial charge is 0.316 e. The average Bonchev–Trinajstić information content (AvgIpc) is 3.32. The van der Waals surface area contributed by atoms with Crippen LogP contribution in [0.15, 0.2) is 50.9 Å². The van der Waals surface area contributed by atoms with E-state index in [1.165, 1.54) is 28.3 Å². The minimum atomic E-state index is -3.97. The van der Waals surface area contributed by atoms with Gasteiger partial charge in [0.25, 0.3) is 10.0 Å². The van der Waals surface area contributed by atoms with Crippen molar-refractivity contribution in [1.29, 1.82) is 0 Å². The summed E-state index contributed by atoms with van der Waals surface area (Å²) in [5, 5.41) is 0. The summed E-state index contributed by atoms with van der Waals surface area (Å²) in [5.41, 5.74) is 1.35. The molecule has 0 radical (unpaired) electrons. The number of hydrogen-bond acceptors (Lipinski definition) is 6. The van der Waals surface area contributed by atoms with E-state index in [1.807, 2.05) is 0 Å². The highest BCUT2D eigenvalue weighted by atomic mass is 32.2. The van der Waals surface area contributed by atoms with Crippen LogP contribution >= 0.6 is 0 Å². The molecule has 0 bridgehead atoms. The lowest BCUT2D eigenvalue weighted by atomic mass is 10.1. The molecular weight excluding hydrogens is 482 g/mol. The van der Waals surface area contributed by atoms with Crippen molar-refractivity contribution in [3.63, 3.8) is 0 Å². The molecule has 0 saturated carbocycles. The summed E-state index contributed by atoms with van der Waals surface area (Å²) < 4.78 is 32.1. The molecule has 0 aliphatic carbocycles. The minimum absolute atomic E-state index is 0.0334. The molecule has 1 aromatic heterocycles. The van der Waals surface area contributed by atoms with Gasteiger partial charge in [0.1, 0.15) is 0 Å². The van der Waals surface area contributed by atoms with Crippen LogP contribution in [0, 0.1) is 0 Å². The highest BCUT2D eigenvalue weighted by molar-refractivity contribution is 7.92. The van der Waals surface area contributed by atoms with Gasteiger partial charge in [-0.3, -0.25) is 19.1 Å². The Kier molecular flexibility index (Phi) is 6.11. The molecule has 3 aromatic rings. The molecule has 1 N–H and O–H groups in total. The molecule has 2 saturated heterocycles. The van der Waals surface area contributed by atoms with Gasteiger partial charge in [0.15, 0.2) is 0 Å². The van der Waals surface area contributed by atoms with Crippen LogP contribution in [0.1, 0.15) is 32.1 Å². The summed E-state index contributed by atoms with van der Waals surface area (Å²) in [5.74, 6) is 0.0334. The predicted octanol–water partition coefficient (Wildman–Crippen LogP) is 2.16. The molecular formula is C25H29N5O5S. The fraction of sp³-hybridized carbons (Fsp3) is 0.400. The van der Waals surface area contributed by atoms with Crippen LogP contribution in [0.25, 0.3) is 11.0 Å². The van der Waals surface area contributed by atoms with Gasteiger partial charge in [-0.2, -0.15) is 0 Å². The van der Waals surface area contributed by atoms with Crippen LogP contribution in [0.3, 0.4) is 0 Å². The quantitative estimate of drug-likeness (QED) is 0.525. The number of rotatable bonds is 5. The van der Waals surface area contributed by atoms with Crippen LogP contribution in [0.2, 0.25) is 0 Å². The molecule has 0 spiro atoms. The number of sulfonamides is 1. The summed E-state index contributed by atoms with van der Waals surface area (Å²) in [6.07, 6.45) is 4.34. The maximum Gasteiger partial charge on any atom is 0.316 e. The van der Waals surface area contributed by atoms with Crippen LogP contribution < -0.4 is 25.6 Å². The van der Waals surface area contributed by atoms with Crippen molar-refractivity contribution in [3.05, 3.63) is 57.1 Å². The monoisotopic (exact) mass is 511 g/mol. The second-order valence-electron chi connectivity index (χ2n) is 9.38. The second kappa shape index (κ2) is 9.12. The Balaban J connectivity index is 1.58. The van der Waals surface area contributed by atoms with Crippen LogP contribution in [-0.4, -0.2) is 43.1 Å². The lowest BCUT2D eigenvalue weighted by Crippen LogP contribution is -2.39. The lowest BCUT2D eigenvalue weighted by molar-refractivity contribution is -0.117. The molecule has 2 fully saturated rings. The summed E-state index contributed by atoms with van der Waals surface area (Å²) in [6.45, 7) is 2.15. The number of aryl methyl sites for hydroxylation is 2. The Labute approximate surface area is 208 Å². The number of amides is 1. The first kappa shape index (κ1) is 24.1. The maximum absolute atomic E-state index is 13.4. The number of carbonyl (C=O) groups excluding carboxylic acids is 1. The van der Waals surface area contributed by atoms with Gasteiger partial charge in [-0.25, -0.2) is 8.42 Å². The van der Waals surface area contributed by atoms with Gasteiger partial charge >= 0.3 is 11.1 Å². The molecule has 0 unspecified atom stereocenters. The third-order valence-electron chi connectivity index (χ3n) is 7.08. The predicted molar refractivity (Wildman–Crippen MR) is 139 cm³/mol. The van der Waals surface area contributed by atoms with E-state index < -0.39 is 21.1 Å². The van der Waals surface area contributed by atoms with E-state index in [1.54, 1.807) is 36.2 Å². The first-order valence-corrected chi connectivity index (χ1v) is 13.6. The molecule has 36 heavy (non-hydrogen) atoms. The van der Waals surface area contributed by atoms with E-state index in [-0.39, 0.29) is 10.8 Å². The number of fused-ring (bicyclic) bond motifs is 1. The number of aromatic nitrogens is 2. The Morgan fingerprint density at radius 2 is 1.39 bits per heavy atom. The van der Waals surface area contributed by atoms with Gasteiger partial charge < -0.3 is 18.9 Å². The molecule has 190 valence electrons. The number of benzene rings is 2. The summed E-state index contributed by atoms with van der Waals surface area (Å²) in [6, 6.07) is 9.66. The van der Waals surface area contributed by atoms with Gasteiger partial charge in [0.05, 0.1) is 27.3 Å². The van der Waals surface area contributed by atoms with Crippen molar-refractivity contribution in [2.45, 2.75) is 37.0 Å². The number of nitrogens with one attached hydrogen (secondary N) is 1. The largest absolute Gasteiger partial charge is 0.370 e. The summed E-state index contributed by atoms with van der Waals surface area (Å²) >= 11 is 0. The van der Waals surface area contributed by atoms with Gasteiger partial charge in [0, 0.05) is 45.8 Å². The van der Waals surface area contributed by atoms with Gasteiger partial charge in [-0.15, -0.1) is 0 Å². The minimum Gasteiger partial charge on any atom is -0.370 e. The van der Waals surface area contributed by atoms with E-state index in [4.69, 9.17) is 0 Å². The SMILES string of the molecule is Cn1c(=O)c(=O)n(C)c2cc(N3CCCCC3)c(NS(=O)(=O)c3ccc(N4CCCC4=O)cc3)cc21. The first-order chi connectivity index (χ1) is 17.2. The molecule has 11 heteroatoms.